The fourth-order valence-corrected chi connectivity index (χ4v) is 6.27. The summed E-state index contributed by atoms with van der Waals surface area (Å²) < 4.78 is 9.38. The lowest BCUT2D eigenvalue weighted by molar-refractivity contribution is -0.130. The molecule has 0 atom stereocenters. The maximum absolute atomic E-state index is 13.8. The number of benzene rings is 6. The van der Waals surface area contributed by atoms with Gasteiger partial charge in [-0.2, -0.15) is 0 Å². The zero-order valence-electron chi connectivity index (χ0n) is 33.5. The molecule has 1 amide bonds. The number of hydrogen-bond acceptors (Lipinski definition) is 10. The fraction of sp³-hybridized carbons (Fsp3) is 0.104. The maximum atomic E-state index is 13.8. The molecule has 6 aromatic carbocycles. The summed E-state index contributed by atoms with van der Waals surface area (Å²) in [4.78, 5) is 70.4. The van der Waals surface area contributed by atoms with Crippen LogP contribution in [0.15, 0.2) is 180 Å². The zero-order valence-corrected chi connectivity index (χ0v) is 33.5. The fourth-order valence-electron chi connectivity index (χ4n) is 6.27. The number of guanidine groups is 2. The van der Waals surface area contributed by atoms with Gasteiger partial charge >= 0.3 is 11.9 Å². The predicted molar refractivity (Wildman–Crippen MR) is 232 cm³/mol. The van der Waals surface area contributed by atoms with Crippen LogP contribution in [0.5, 0.6) is 0 Å². The summed E-state index contributed by atoms with van der Waals surface area (Å²) in [7, 11) is 2.67. The van der Waals surface area contributed by atoms with Crippen molar-refractivity contribution >= 4 is 41.3 Å². The quantitative estimate of drug-likeness (QED) is 0.0452. The standard InChI is InChI=1S/C24H21N3O3.C14H10O2.C10H13N3O2/c1-30-21(28)18-10-8-9-17(15-18)16-27-22(29)24(26-23(27)25,19-11-4-2-5-12-19)20-13-6-3-7-14-20;15-13(11-7-3-1-4-8-11)14(16)12-9-5-2-6-10-12;1-15-9(14)8-4-2-3-7(5-8)6-13-10(11)12/h2-15H,16H2,1H3,(H2,25,26);1-10H;2-5H,6H2,1H3,(H4,11,12,13). The highest BCUT2D eigenvalue weighted by Gasteiger charge is 2.50. The normalized spacial score (nSPS) is 12.3. The van der Waals surface area contributed by atoms with Crippen LogP contribution in [0, 0.1) is 0 Å². The first-order valence-electron chi connectivity index (χ1n) is 18.9. The number of esters is 2. The van der Waals surface area contributed by atoms with Gasteiger partial charge in [-0.25, -0.2) is 19.6 Å². The second-order valence-corrected chi connectivity index (χ2v) is 13.3. The van der Waals surface area contributed by atoms with Gasteiger partial charge in [0.1, 0.15) is 0 Å². The minimum Gasteiger partial charge on any atom is -0.465 e. The Bertz CT molecular complexity index is 2440. The van der Waals surface area contributed by atoms with Gasteiger partial charge in [0.05, 0.1) is 38.4 Å². The molecular formula is C48H44N6O7. The van der Waals surface area contributed by atoms with E-state index in [0.29, 0.717) is 28.8 Å². The number of rotatable bonds is 11. The molecule has 7 rings (SSSR count). The van der Waals surface area contributed by atoms with Crippen LogP contribution in [0.25, 0.3) is 0 Å². The predicted octanol–water partition coefficient (Wildman–Crippen LogP) is 6.07. The Labute approximate surface area is 353 Å². The van der Waals surface area contributed by atoms with Crippen molar-refractivity contribution in [3.63, 3.8) is 0 Å². The third-order valence-electron chi connectivity index (χ3n) is 9.26. The van der Waals surface area contributed by atoms with Crippen molar-refractivity contribution in [1.29, 1.82) is 0 Å². The van der Waals surface area contributed by atoms with Gasteiger partial charge in [0.15, 0.2) is 17.5 Å². The van der Waals surface area contributed by atoms with E-state index >= 15 is 0 Å². The Hall–Kier alpha value is -8.19. The summed E-state index contributed by atoms with van der Waals surface area (Å²) in [6.45, 7) is 0.549. The molecule has 0 saturated heterocycles. The number of ether oxygens (including phenoxy) is 2. The molecule has 0 spiro atoms. The van der Waals surface area contributed by atoms with Crippen molar-refractivity contribution in [2.24, 2.45) is 27.2 Å². The van der Waals surface area contributed by atoms with Crippen LogP contribution in [0.4, 0.5) is 0 Å². The Morgan fingerprint density at radius 2 is 0.967 bits per heavy atom. The Kier molecular flexibility index (Phi) is 15.1. The molecule has 0 radical (unpaired) electrons. The summed E-state index contributed by atoms with van der Waals surface area (Å²) in [5.41, 5.74) is 20.3. The van der Waals surface area contributed by atoms with Crippen LogP contribution < -0.4 is 17.2 Å². The van der Waals surface area contributed by atoms with E-state index in [-0.39, 0.29) is 30.3 Å². The molecule has 13 heteroatoms. The minimum atomic E-state index is -1.24. The van der Waals surface area contributed by atoms with Crippen LogP contribution in [0.1, 0.15) is 63.7 Å². The lowest BCUT2D eigenvalue weighted by atomic mass is 9.83. The van der Waals surface area contributed by atoms with E-state index in [1.54, 1.807) is 84.9 Å². The minimum absolute atomic E-state index is 0.0264. The second-order valence-electron chi connectivity index (χ2n) is 13.3. The van der Waals surface area contributed by atoms with Crippen LogP contribution >= 0.6 is 0 Å². The first-order valence-corrected chi connectivity index (χ1v) is 18.9. The maximum Gasteiger partial charge on any atom is 0.337 e. The molecule has 0 aliphatic carbocycles. The first-order chi connectivity index (χ1) is 29.5. The van der Waals surface area contributed by atoms with E-state index in [1.807, 2.05) is 84.9 Å². The lowest BCUT2D eigenvalue weighted by Gasteiger charge is -2.27. The van der Waals surface area contributed by atoms with Crippen molar-refractivity contribution < 1.29 is 33.4 Å². The van der Waals surface area contributed by atoms with Gasteiger partial charge in [-0.15, -0.1) is 0 Å². The zero-order chi connectivity index (χ0) is 43.8. The van der Waals surface area contributed by atoms with Crippen LogP contribution in [0.2, 0.25) is 0 Å². The summed E-state index contributed by atoms with van der Waals surface area (Å²) >= 11 is 0. The Morgan fingerprint density at radius 3 is 1.39 bits per heavy atom. The molecule has 61 heavy (non-hydrogen) atoms. The Morgan fingerprint density at radius 1 is 0.574 bits per heavy atom. The number of nitrogens with zero attached hydrogens (tertiary/aromatic N) is 3. The second kappa shape index (κ2) is 21.0. The average Bonchev–Trinajstić information content (AvgIpc) is 3.57. The number of carbonyl (C=O) groups is 5. The number of nitrogens with two attached hydrogens (primary N) is 3. The number of carbonyl (C=O) groups excluding carboxylic acids is 5. The molecule has 0 aromatic heterocycles. The number of aliphatic imine (C=N–C) groups is 2. The molecule has 6 N–H and O–H groups in total. The topological polar surface area (TPSA) is 210 Å². The molecule has 308 valence electrons. The number of methoxy groups -OCH3 is 2. The largest absolute Gasteiger partial charge is 0.465 e. The smallest absolute Gasteiger partial charge is 0.337 e. The number of ketones is 2. The number of amides is 1. The molecule has 1 aliphatic rings. The lowest BCUT2D eigenvalue weighted by Crippen LogP contribution is -2.43. The first kappa shape index (κ1) is 43.9. The van der Waals surface area contributed by atoms with Crippen molar-refractivity contribution in [3.8, 4) is 0 Å². The highest BCUT2D eigenvalue weighted by atomic mass is 16.5. The monoisotopic (exact) mass is 816 g/mol. The highest BCUT2D eigenvalue weighted by molar-refractivity contribution is 6.49. The van der Waals surface area contributed by atoms with Crippen LogP contribution in [0.3, 0.4) is 0 Å². The van der Waals surface area contributed by atoms with E-state index in [9.17, 15) is 24.0 Å². The van der Waals surface area contributed by atoms with E-state index in [1.165, 1.54) is 19.1 Å². The summed E-state index contributed by atoms with van der Waals surface area (Å²) in [6.07, 6.45) is 0. The van der Waals surface area contributed by atoms with E-state index in [2.05, 4.69) is 14.7 Å². The van der Waals surface area contributed by atoms with Crippen LogP contribution in [-0.2, 0) is 32.9 Å². The van der Waals surface area contributed by atoms with Crippen molar-refractivity contribution in [1.82, 2.24) is 4.90 Å². The summed E-state index contributed by atoms with van der Waals surface area (Å²) in [6, 6.07) is 49.8. The molecule has 1 heterocycles. The molecule has 0 saturated carbocycles. The van der Waals surface area contributed by atoms with Gasteiger partial charge in [0.25, 0.3) is 5.91 Å². The molecule has 0 unspecified atom stereocenters. The van der Waals surface area contributed by atoms with Gasteiger partial charge in [-0.1, -0.05) is 146 Å². The van der Waals surface area contributed by atoms with Gasteiger partial charge in [-0.05, 0) is 46.5 Å². The van der Waals surface area contributed by atoms with Crippen molar-refractivity contribution in [2.45, 2.75) is 18.6 Å². The van der Waals surface area contributed by atoms with Crippen molar-refractivity contribution in [2.75, 3.05) is 14.2 Å². The summed E-state index contributed by atoms with van der Waals surface area (Å²) in [5, 5.41) is 0. The molecule has 6 aromatic rings. The van der Waals surface area contributed by atoms with E-state index < -0.39 is 23.1 Å². The van der Waals surface area contributed by atoms with Gasteiger partial charge in [-0.3, -0.25) is 19.3 Å². The molecule has 0 bridgehead atoms. The highest BCUT2D eigenvalue weighted by Crippen LogP contribution is 2.40. The molecule has 13 nitrogen and oxygen atoms in total. The third-order valence-corrected chi connectivity index (χ3v) is 9.26. The van der Waals surface area contributed by atoms with Gasteiger partial charge in [0, 0.05) is 11.1 Å². The van der Waals surface area contributed by atoms with E-state index in [0.717, 1.165) is 22.3 Å². The SMILES string of the molecule is COC(=O)c1cccc(CN2C(=O)C(c3ccccc3)(c3ccccc3)N=C2N)c1.COC(=O)c1cccc(CN=C(N)N)c1.O=C(C(=O)c1ccccc1)c1ccccc1. The number of hydrogen-bond donors (Lipinski definition) is 3. The number of Topliss-reactive ketones (excluding diaryl/α,β-unsaturated/α-hetero) is 2. The van der Waals surface area contributed by atoms with Crippen molar-refractivity contribution in [3.05, 3.63) is 214 Å². The molecule has 1 aliphatic heterocycles. The Balaban J connectivity index is 0.000000192. The molecular weight excluding hydrogens is 773 g/mol. The third kappa shape index (κ3) is 11.1. The van der Waals surface area contributed by atoms with Crippen LogP contribution in [-0.4, -0.2) is 60.5 Å². The molecule has 0 fully saturated rings. The van der Waals surface area contributed by atoms with Gasteiger partial charge < -0.3 is 26.7 Å². The average molecular weight is 817 g/mol. The van der Waals surface area contributed by atoms with E-state index in [4.69, 9.17) is 21.9 Å². The summed E-state index contributed by atoms with van der Waals surface area (Å²) in [5.74, 6) is -1.81. The van der Waals surface area contributed by atoms with Gasteiger partial charge in [0.2, 0.25) is 11.6 Å².